The maximum absolute atomic E-state index is 12.2. The minimum absolute atomic E-state index is 0.0623. The van der Waals surface area contributed by atoms with E-state index in [0.29, 0.717) is 5.02 Å². The second-order valence-electron chi connectivity index (χ2n) is 6.98. The Hall–Kier alpha value is -2.17. The molecule has 1 saturated heterocycles. The van der Waals surface area contributed by atoms with Crippen molar-refractivity contribution in [2.24, 2.45) is 4.99 Å². The van der Waals surface area contributed by atoms with Crippen molar-refractivity contribution in [1.82, 2.24) is 4.90 Å². The fraction of sp³-hybridized carbons (Fsp3) is 0.333. The average Bonchev–Trinajstić information content (AvgIpc) is 2.96. The van der Waals surface area contributed by atoms with E-state index < -0.39 is 5.92 Å². The van der Waals surface area contributed by atoms with Crippen molar-refractivity contribution < 1.29 is 4.79 Å². The summed E-state index contributed by atoms with van der Waals surface area (Å²) >= 11 is 6.06. The molecule has 1 fully saturated rings. The van der Waals surface area contributed by atoms with Crippen molar-refractivity contribution in [1.29, 1.82) is 0 Å². The molecule has 2 heterocycles. The van der Waals surface area contributed by atoms with E-state index in [1.807, 2.05) is 24.3 Å². The Morgan fingerprint density at radius 2 is 1.88 bits per heavy atom. The number of fused-ring (bicyclic) bond motifs is 1. The highest BCUT2D eigenvalue weighted by molar-refractivity contribution is 6.31. The molecule has 2 aromatic carbocycles. The number of benzene rings is 2. The number of halogens is 1. The Kier molecular flexibility index (Phi) is 5.05. The molecule has 1 unspecified atom stereocenters. The molecule has 1 N–H and O–H groups in total. The van der Waals surface area contributed by atoms with Crippen molar-refractivity contribution in [2.45, 2.75) is 31.7 Å². The number of aliphatic imine (C=N–C) groups is 1. The van der Waals surface area contributed by atoms with Crippen LogP contribution < -0.4 is 5.32 Å². The zero-order valence-corrected chi connectivity index (χ0v) is 15.4. The van der Waals surface area contributed by atoms with Gasteiger partial charge in [0, 0.05) is 23.5 Å². The van der Waals surface area contributed by atoms with Crippen molar-refractivity contribution in [3.8, 4) is 0 Å². The lowest BCUT2D eigenvalue weighted by Crippen LogP contribution is -2.28. The minimum atomic E-state index is -0.392. The number of hydrogen-bond donors (Lipinski definition) is 1. The monoisotopic (exact) mass is 367 g/mol. The topological polar surface area (TPSA) is 44.7 Å². The van der Waals surface area contributed by atoms with E-state index in [2.05, 4.69) is 27.3 Å². The largest absolute Gasteiger partial charge is 0.325 e. The van der Waals surface area contributed by atoms with Crippen molar-refractivity contribution in [3.63, 3.8) is 0 Å². The van der Waals surface area contributed by atoms with Gasteiger partial charge in [-0.05, 0) is 67.4 Å². The van der Waals surface area contributed by atoms with Gasteiger partial charge in [0.2, 0.25) is 5.91 Å². The molecule has 134 valence electrons. The summed E-state index contributed by atoms with van der Waals surface area (Å²) in [4.78, 5) is 19.2. The molecule has 0 aliphatic carbocycles. The number of amides is 1. The first-order chi connectivity index (χ1) is 12.7. The molecule has 26 heavy (non-hydrogen) atoms. The quantitative estimate of drug-likeness (QED) is 0.791. The van der Waals surface area contributed by atoms with Gasteiger partial charge in [0.15, 0.2) is 0 Å². The Bertz CT molecular complexity index is 826. The van der Waals surface area contributed by atoms with E-state index in [-0.39, 0.29) is 5.91 Å². The van der Waals surface area contributed by atoms with Crippen LogP contribution in [0.3, 0.4) is 0 Å². The van der Waals surface area contributed by atoms with Gasteiger partial charge in [-0.1, -0.05) is 30.2 Å². The third-order valence-corrected chi connectivity index (χ3v) is 5.29. The summed E-state index contributed by atoms with van der Waals surface area (Å²) in [5.41, 5.74) is 3.86. The van der Waals surface area contributed by atoms with E-state index in [4.69, 9.17) is 11.6 Å². The number of piperidine rings is 1. The molecule has 0 aromatic heterocycles. The van der Waals surface area contributed by atoms with E-state index in [1.165, 1.54) is 37.9 Å². The van der Waals surface area contributed by atoms with E-state index in [1.54, 1.807) is 12.3 Å². The maximum Gasteiger partial charge on any atom is 0.237 e. The molecule has 1 amide bonds. The first kappa shape index (κ1) is 17.3. The van der Waals surface area contributed by atoms with Gasteiger partial charge in [-0.25, -0.2) is 0 Å². The van der Waals surface area contributed by atoms with Crippen molar-refractivity contribution >= 4 is 35.1 Å². The Morgan fingerprint density at radius 3 is 2.65 bits per heavy atom. The normalized spacial score (nSPS) is 20.3. The standard InChI is InChI=1S/C21H22ClN3O/c22-16-6-9-20-18(12-16)19(21(26)24-20)13-23-17-7-4-15(5-8-17)14-25-10-2-1-3-11-25/h4-9,12-13,19H,1-3,10-11,14H2,(H,24,26). The SMILES string of the molecule is O=C1Nc2ccc(Cl)cc2C1C=Nc1ccc(CN2CCCCC2)cc1. The fourth-order valence-electron chi connectivity index (χ4n) is 3.63. The predicted molar refractivity (Wildman–Crippen MR) is 107 cm³/mol. The summed E-state index contributed by atoms with van der Waals surface area (Å²) in [5, 5.41) is 3.50. The first-order valence-corrected chi connectivity index (χ1v) is 9.53. The lowest BCUT2D eigenvalue weighted by Gasteiger charge is -2.26. The number of nitrogens with one attached hydrogen (secondary N) is 1. The van der Waals surface area contributed by atoms with Crippen LogP contribution in [0.1, 0.15) is 36.3 Å². The van der Waals surface area contributed by atoms with Gasteiger partial charge in [0.05, 0.1) is 5.69 Å². The van der Waals surface area contributed by atoms with Gasteiger partial charge < -0.3 is 5.32 Å². The average molecular weight is 368 g/mol. The number of likely N-dealkylation sites (tertiary alicyclic amines) is 1. The molecule has 2 aromatic rings. The van der Waals surface area contributed by atoms with E-state index in [9.17, 15) is 4.79 Å². The van der Waals surface area contributed by atoms with Crippen molar-refractivity contribution in [2.75, 3.05) is 18.4 Å². The molecule has 5 heteroatoms. The zero-order valence-electron chi connectivity index (χ0n) is 14.6. The second-order valence-corrected chi connectivity index (χ2v) is 7.42. The van der Waals surface area contributed by atoms with Gasteiger partial charge in [-0.15, -0.1) is 0 Å². The van der Waals surface area contributed by atoms with E-state index in [0.717, 1.165) is 23.5 Å². The van der Waals surface area contributed by atoms with Crippen LogP contribution in [0.25, 0.3) is 0 Å². The highest BCUT2D eigenvalue weighted by atomic mass is 35.5. The first-order valence-electron chi connectivity index (χ1n) is 9.15. The van der Waals surface area contributed by atoms with Crippen molar-refractivity contribution in [3.05, 3.63) is 58.6 Å². The molecule has 0 bridgehead atoms. The number of carbonyl (C=O) groups excluding carboxylic acids is 1. The summed E-state index contributed by atoms with van der Waals surface area (Å²) in [6.45, 7) is 3.39. The summed E-state index contributed by atoms with van der Waals surface area (Å²) in [6, 6.07) is 13.7. The summed E-state index contributed by atoms with van der Waals surface area (Å²) in [7, 11) is 0. The number of carbonyl (C=O) groups is 1. The summed E-state index contributed by atoms with van der Waals surface area (Å²) < 4.78 is 0. The van der Waals surface area contributed by atoms with E-state index >= 15 is 0 Å². The zero-order chi connectivity index (χ0) is 17.9. The third-order valence-electron chi connectivity index (χ3n) is 5.05. The Balaban J connectivity index is 1.44. The van der Waals surface area contributed by atoms with Crippen LogP contribution in [-0.2, 0) is 11.3 Å². The number of rotatable bonds is 4. The lowest BCUT2D eigenvalue weighted by molar-refractivity contribution is -0.115. The van der Waals surface area contributed by atoms with Crippen LogP contribution >= 0.6 is 11.6 Å². The Labute approximate surface area is 158 Å². The molecule has 4 rings (SSSR count). The molecule has 4 nitrogen and oxygen atoms in total. The molecule has 1 atom stereocenters. The van der Waals surface area contributed by atoms with Gasteiger partial charge in [-0.2, -0.15) is 0 Å². The maximum atomic E-state index is 12.2. The Morgan fingerprint density at radius 1 is 1.12 bits per heavy atom. The number of hydrogen-bond acceptors (Lipinski definition) is 3. The van der Waals surface area contributed by atoms with Gasteiger partial charge in [0.1, 0.15) is 5.92 Å². The molecule has 2 aliphatic rings. The second kappa shape index (κ2) is 7.60. The van der Waals surface area contributed by atoms with Crippen LogP contribution in [0, 0.1) is 0 Å². The van der Waals surface area contributed by atoms with Crippen LogP contribution in [0.5, 0.6) is 0 Å². The van der Waals surface area contributed by atoms with Crippen LogP contribution in [0.15, 0.2) is 47.5 Å². The molecule has 0 saturated carbocycles. The number of anilines is 1. The number of nitrogens with zero attached hydrogens (tertiary/aromatic N) is 2. The molecular weight excluding hydrogens is 346 g/mol. The van der Waals surface area contributed by atoms with Gasteiger partial charge in [-0.3, -0.25) is 14.7 Å². The summed E-state index contributed by atoms with van der Waals surface area (Å²) in [5.74, 6) is -0.454. The highest BCUT2D eigenvalue weighted by Crippen LogP contribution is 2.33. The minimum Gasteiger partial charge on any atom is -0.325 e. The highest BCUT2D eigenvalue weighted by Gasteiger charge is 2.29. The van der Waals surface area contributed by atoms with Gasteiger partial charge >= 0.3 is 0 Å². The molecular formula is C21H22ClN3O. The van der Waals surface area contributed by atoms with Crippen LogP contribution in [-0.4, -0.2) is 30.1 Å². The van der Waals surface area contributed by atoms with Crippen LogP contribution in [0.4, 0.5) is 11.4 Å². The van der Waals surface area contributed by atoms with Crippen LogP contribution in [0.2, 0.25) is 5.02 Å². The molecule has 0 radical (unpaired) electrons. The summed E-state index contributed by atoms with van der Waals surface area (Å²) in [6.07, 6.45) is 5.67. The predicted octanol–water partition coefficient (Wildman–Crippen LogP) is 4.76. The lowest BCUT2D eigenvalue weighted by atomic mass is 10.0. The van der Waals surface area contributed by atoms with Gasteiger partial charge in [0.25, 0.3) is 0 Å². The molecule has 0 spiro atoms. The third kappa shape index (κ3) is 3.81. The fourth-order valence-corrected chi connectivity index (χ4v) is 3.81. The smallest absolute Gasteiger partial charge is 0.237 e. The molecule has 2 aliphatic heterocycles.